The molecule has 0 spiro atoms. The number of hydrogen-bond donors (Lipinski definition) is 1. The standard InChI is InChI=1S/C15H20N4O/c1-20-9-8-17-10-13-11-18-19(15(13)12-2-3-12)14-4-6-16-7-5-14/h4-7,11-12,17H,2-3,8-10H2,1H3. The molecule has 0 bridgehead atoms. The predicted molar refractivity (Wildman–Crippen MR) is 76.9 cm³/mol. The monoisotopic (exact) mass is 272 g/mol. The van der Waals surface area contributed by atoms with Crippen LogP contribution in [0.2, 0.25) is 0 Å². The molecule has 0 saturated heterocycles. The minimum Gasteiger partial charge on any atom is -0.383 e. The Bertz CT molecular complexity index is 548. The smallest absolute Gasteiger partial charge is 0.0679 e. The molecule has 0 radical (unpaired) electrons. The molecule has 1 aliphatic rings. The maximum absolute atomic E-state index is 5.05. The SMILES string of the molecule is COCCNCc1cnn(-c2ccncc2)c1C1CC1. The van der Waals surface area contributed by atoms with Crippen LogP contribution >= 0.6 is 0 Å². The van der Waals surface area contributed by atoms with Gasteiger partial charge in [0.05, 0.1) is 24.2 Å². The van der Waals surface area contributed by atoms with Crippen molar-refractivity contribution in [2.45, 2.75) is 25.3 Å². The first-order valence-electron chi connectivity index (χ1n) is 7.07. The number of hydrogen-bond acceptors (Lipinski definition) is 4. The van der Waals surface area contributed by atoms with E-state index in [0.717, 1.165) is 25.4 Å². The zero-order valence-corrected chi connectivity index (χ0v) is 11.7. The maximum atomic E-state index is 5.05. The summed E-state index contributed by atoms with van der Waals surface area (Å²) in [6, 6.07) is 4.00. The molecule has 3 rings (SSSR count). The molecule has 0 unspecified atom stereocenters. The third-order valence-corrected chi connectivity index (χ3v) is 3.56. The number of ether oxygens (including phenoxy) is 1. The molecule has 20 heavy (non-hydrogen) atoms. The zero-order valence-electron chi connectivity index (χ0n) is 11.7. The van der Waals surface area contributed by atoms with Crippen molar-refractivity contribution in [3.05, 3.63) is 42.0 Å². The number of rotatable bonds is 7. The molecule has 1 N–H and O–H groups in total. The summed E-state index contributed by atoms with van der Waals surface area (Å²) in [5, 5.41) is 7.96. The van der Waals surface area contributed by atoms with Gasteiger partial charge in [-0.1, -0.05) is 0 Å². The molecule has 0 atom stereocenters. The molecule has 106 valence electrons. The van der Waals surface area contributed by atoms with Crippen LogP contribution in [0.3, 0.4) is 0 Å². The van der Waals surface area contributed by atoms with E-state index in [1.807, 2.05) is 30.7 Å². The zero-order chi connectivity index (χ0) is 13.8. The minimum absolute atomic E-state index is 0.657. The Hall–Kier alpha value is -1.72. The molecule has 5 heteroatoms. The lowest BCUT2D eigenvalue weighted by Crippen LogP contribution is -2.19. The molecule has 2 aromatic rings. The topological polar surface area (TPSA) is 52.0 Å². The molecule has 1 saturated carbocycles. The van der Waals surface area contributed by atoms with Crippen LogP contribution in [0.5, 0.6) is 0 Å². The van der Waals surface area contributed by atoms with E-state index < -0.39 is 0 Å². The Morgan fingerprint density at radius 2 is 2.15 bits per heavy atom. The molecule has 1 aliphatic carbocycles. The van der Waals surface area contributed by atoms with Gasteiger partial charge in [0.1, 0.15) is 0 Å². The van der Waals surface area contributed by atoms with Crippen molar-refractivity contribution >= 4 is 0 Å². The highest BCUT2D eigenvalue weighted by molar-refractivity contribution is 5.36. The number of methoxy groups -OCH3 is 1. The third-order valence-electron chi connectivity index (χ3n) is 3.56. The van der Waals surface area contributed by atoms with Gasteiger partial charge in [0.2, 0.25) is 0 Å². The highest BCUT2D eigenvalue weighted by atomic mass is 16.5. The van der Waals surface area contributed by atoms with Crippen molar-refractivity contribution in [2.75, 3.05) is 20.3 Å². The van der Waals surface area contributed by atoms with Gasteiger partial charge in [-0.05, 0) is 25.0 Å². The van der Waals surface area contributed by atoms with Crippen molar-refractivity contribution in [3.8, 4) is 5.69 Å². The minimum atomic E-state index is 0.657. The van der Waals surface area contributed by atoms with Gasteiger partial charge in [0.15, 0.2) is 0 Å². The first-order chi connectivity index (χ1) is 9.90. The molecule has 2 heterocycles. The number of nitrogens with zero attached hydrogens (tertiary/aromatic N) is 3. The van der Waals surface area contributed by atoms with Gasteiger partial charge in [-0.15, -0.1) is 0 Å². The molecule has 1 fully saturated rings. The van der Waals surface area contributed by atoms with Crippen LogP contribution in [0.25, 0.3) is 5.69 Å². The number of nitrogens with one attached hydrogen (secondary N) is 1. The Morgan fingerprint density at radius 1 is 1.35 bits per heavy atom. The summed E-state index contributed by atoms with van der Waals surface area (Å²) < 4.78 is 7.12. The van der Waals surface area contributed by atoms with Crippen LogP contribution in [-0.4, -0.2) is 35.0 Å². The largest absolute Gasteiger partial charge is 0.383 e. The van der Waals surface area contributed by atoms with E-state index in [1.165, 1.54) is 24.1 Å². The van der Waals surface area contributed by atoms with Crippen molar-refractivity contribution in [1.82, 2.24) is 20.1 Å². The predicted octanol–water partition coefficient (Wildman–Crippen LogP) is 1.88. The number of pyridine rings is 1. The number of aromatic nitrogens is 3. The summed E-state index contributed by atoms with van der Waals surface area (Å²) in [5.74, 6) is 0.657. The van der Waals surface area contributed by atoms with Crippen LogP contribution in [0.1, 0.15) is 30.0 Å². The van der Waals surface area contributed by atoms with Gasteiger partial charge < -0.3 is 10.1 Å². The average Bonchev–Trinajstić information content (AvgIpc) is 3.25. The average molecular weight is 272 g/mol. The van der Waals surface area contributed by atoms with Crippen LogP contribution in [0.15, 0.2) is 30.7 Å². The Kier molecular flexibility index (Phi) is 4.08. The first-order valence-corrected chi connectivity index (χ1v) is 7.07. The van der Waals surface area contributed by atoms with Crippen molar-refractivity contribution in [1.29, 1.82) is 0 Å². The summed E-state index contributed by atoms with van der Waals surface area (Å²) in [5.41, 5.74) is 3.73. The second kappa shape index (κ2) is 6.15. The van der Waals surface area contributed by atoms with Gasteiger partial charge in [0, 0.05) is 44.1 Å². The van der Waals surface area contributed by atoms with E-state index in [0.29, 0.717) is 5.92 Å². The fourth-order valence-electron chi connectivity index (χ4n) is 2.41. The van der Waals surface area contributed by atoms with Crippen LogP contribution in [0.4, 0.5) is 0 Å². The molecular formula is C15H20N4O. The van der Waals surface area contributed by atoms with Crippen molar-refractivity contribution in [3.63, 3.8) is 0 Å². The van der Waals surface area contributed by atoms with Gasteiger partial charge in [-0.25, -0.2) is 4.68 Å². The Balaban J connectivity index is 1.80. The quantitative estimate of drug-likeness (QED) is 0.782. The van der Waals surface area contributed by atoms with E-state index in [9.17, 15) is 0 Å². The van der Waals surface area contributed by atoms with E-state index in [2.05, 4.69) is 20.1 Å². The van der Waals surface area contributed by atoms with E-state index >= 15 is 0 Å². The van der Waals surface area contributed by atoms with E-state index in [4.69, 9.17) is 4.74 Å². The second-order valence-electron chi connectivity index (χ2n) is 5.12. The highest BCUT2D eigenvalue weighted by Crippen LogP contribution is 2.42. The summed E-state index contributed by atoms with van der Waals surface area (Å²) >= 11 is 0. The Morgan fingerprint density at radius 3 is 2.85 bits per heavy atom. The van der Waals surface area contributed by atoms with Gasteiger partial charge in [-0.2, -0.15) is 5.10 Å². The molecule has 0 amide bonds. The maximum Gasteiger partial charge on any atom is 0.0679 e. The molecule has 2 aromatic heterocycles. The lowest BCUT2D eigenvalue weighted by atomic mass is 10.1. The third kappa shape index (κ3) is 2.89. The summed E-state index contributed by atoms with van der Waals surface area (Å²) in [4.78, 5) is 4.07. The van der Waals surface area contributed by atoms with E-state index in [-0.39, 0.29) is 0 Å². The fourth-order valence-corrected chi connectivity index (χ4v) is 2.41. The first kappa shape index (κ1) is 13.3. The summed E-state index contributed by atoms with van der Waals surface area (Å²) in [6.07, 6.45) is 8.13. The van der Waals surface area contributed by atoms with E-state index in [1.54, 1.807) is 7.11 Å². The highest BCUT2D eigenvalue weighted by Gasteiger charge is 2.30. The fraction of sp³-hybridized carbons (Fsp3) is 0.467. The normalized spacial score (nSPS) is 14.7. The van der Waals surface area contributed by atoms with Gasteiger partial charge in [-0.3, -0.25) is 4.98 Å². The van der Waals surface area contributed by atoms with Crippen molar-refractivity contribution in [2.24, 2.45) is 0 Å². The van der Waals surface area contributed by atoms with Gasteiger partial charge >= 0.3 is 0 Å². The second-order valence-corrected chi connectivity index (χ2v) is 5.12. The molecule has 0 aromatic carbocycles. The van der Waals surface area contributed by atoms with Crippen LogP contribution in [-0.2, 0) is 11.3 Å². The molecular weight excluding hydrogens is 252 g/mol. The van der Waals surface area contributed by atoms with Crippen LogP contribution in [0, 0.1) is 0 Å². The van der Waals surface area contributed by atoms with Crippen LogP contribution < -0.4 is 5.32 Å². The Labute approximate surface area is 119 Å². The lowest BCUT2D eigenvalue weighted by molar-refractivity contribution is 0.199. The lowest BCUT2D eigenvalue weighted by Gasteiger charge is -2.09. The van der Waals surface area contributed by atoms with Gasteiger partial charge in [0.25, 0.3) is 0 Å². The summed E-state index contributed by atoms with van der Waals surface area (Å²) in [7, 11) is 1.72. The van der Waals surface area contributed by atoms with Crippen molar-refractivity contribution < 1.29 is 4.74 Å². The summed E-state index contributed by atoms with van der Waals surface area (Å²) in [6.45, 7) is 2.44. The molecule has 0 aliphatic heterocycles. The molecule has 5 nitrogen and oxygen atoms in total.